The average molecular weight is 346 g/mol. The van der Waals surface area contributed by atoms with E-state index in [9.17, 15) is 9.18 Å². The lowest BCUT2D eigenvalue weighted by Crippen LogP contribution is -2.49. The molecule has 3 rings (SSSR count). The predicted octanol–water partition coefficient (Wildman–Crippen LogP) is 2.85. The predicted molar refractivity (Wildman–Crippen MR) is 90.7 cm³/mol. The number of carbonyl (C=O) groups is 1. The summed E-state index contributed by atoms with van der Waals surface area (Å²) in [5, 5.41) is 4.01. The normalized spacial score (nSPS) is 17.1. The first-order valence-electron chi connectivity index (χ1n) is 8.58. The van der Waals surface area contributed by atoms with Crippen LogP contribution in [-0.2, 0) is 0 Å². The first-order valence-corrected chi connectivity index (χ1v) is 8.58. The molecule has 0 radical (unpaired) electrons. The van der Waals surface area contributed by atoms with Crippen molar-refractivity contribution in [1.29, 1.82) is 0 Å². The third-order valence-corrected chi connectivity index (χ3v) is 4.57. The molecule has 1 atom stereocenters. The van der Waals surface area contributed by atoms with Gasteiger partial charge in [0.05, 0.1) is 6.04 Å². The van der Waals surface area contributed by atoms with Crippen LogP contribution < -0.4 is 0 Å². The fourth-order valence-electron chi connectivity index (χ4n) is 2.89. The van der Waals surface area contributed by atoms with Crippen molar-refractivity contribution in [3.8, 4) is 0 Å². The van der Waals surface area contributed by atoms with Crippen LogP contribution in [0.15, 0.2) is 28.8 Å². The summed E-state index contributed by atoms with van der Waals surface area (Å²) in [6, 6.07) is 5.70. The van der Waals surface area contributed by atoms with E-state index in [4.69, 9.17) is 4.52 Å². The zero-order valence-corrected chi connectivity index (χ0v) is 14.8. The number of rotatable bonds is 4. The van der Waals surface area contributed by atoms with E-state index in [-0.39, 0.29) is 23.7 Å². The zero-order chi connectivity index (χ0) is 18.0. The van der Waals surface area contributed by atoms with Crippen molar-refractivity contribution in [3.63, 3.8) is 0 Å². The molecular formula is C18H23FN4O2. The highest BCUT2D eigenvalue weighted by Gasteiger charge is 2.28. The van der Waals surface area contributed by atoms with E-state index < -0.39 is 0 Å². The molecule has 1 aliphatic heterocycles. The Morgan fingerprint density at radius 1 is 1.12 bits per heavy atom. The Bertz CT molecular complexity index is 721. The van der Waals surface area contributed by atoms with Crippen LogP contribution >= 0.6 is 0 Å². The Kier molecular flexibility index (Phi) is 5.13. The van der Waals surface area contributed by atoms with Gasteiger partial charge < -0.3 is 9.42 Å². The number of hydrogen-bond acceptors (Lipinski definition) is 5. The van der Waals surface area contributed by atoms with Crippen molar-refractivity contribution in [2.24, 2.45) is 0 Å². The fourth-order valence-corrected chi connectivity index (χ4v) is 2.89. The number of nitrogens with zero attached hydrogens (tertiary/aromatic N) is 4. The van der Waals surface area contributed by atoms with Crippen molar-refractivity contribution in [1.82, 2.24) is 19.9 Å². The van der Waals surface area contributed by atoms with Gasteiger partial charge in [0.25, 0.3) is 5.91 Å². The van der Waals surface area contributed by atoms with Crippen molar-refractivity contribution in [3.05, 3.63) is 47.4 Å². The van der Waals surface area contributed by atoms with Crippen LogP contribution in [0.5, 0.6) is 0 Å². The van der Waals surface area contributed by atoms with E-state index in [0.29, 0.717) is 30.4 Å². The van der Waals surface area contributed by atoms with Crippen LogP contribution in [0.2, 0.25) is 0 Å². The van der Waals surface area contributed by atoms with Crippen LogP contribution in [0.1, 0.15) is 54.8 Å². The number of hydrogen-bond donors (Lipinski definition) is 0. The molecule has 0 bridgehead atoms. The molecule has 2 heterocycles. The maximum absolute atomic E-state index is 13.0. The molecule has 1 aromatic carbocycles. The maximum Gasteiger partial charge on any atom is 0.253 e. The highest BCUT2D eigenvalue weighted by Crippen LogP contribution is 2.22. The monoisotopic (exact) mass is 346 g/mol. The summed E-state index contributed by atoms with van der Waals surface area (Å²) in [6.07, 6.45) is 0. The summed E-state index contributed by atoms with van der Waals surface area (Å²) in [7, 11) is 0. The first kappa shape index (κ1) is 17.5. The molecule has 1 aliphatic rings. The quantitative estimate of drug-likeness (QED) is 0.852. The molecule has 25 heavy (non-hydrogen) atoms. The number of piperazine rings is 1. The second kappa shape index (κ2) is 7.31. The van der Waals surface area contributed by atoms with Crippen LogP contribution in [-0.4, -0.2) is 52.0 Å². The minimum absolute atomic E-state index is 0.0167. The molecule has 0 aliphatic carbocycles. The minimum atomic E-state index is -0.337. The number of amides is 1. The Morgan fingerprint density at radius 2 is 1.76 bits per heavy atom. The van der Waals surface area contributed by atoms with Crippen LogP contribution in [0.25, 0.3) is 0 Å². The molecule has 1 unspecified atom stereocenters. The molecule has 0 N–H and O–H groups in total. The highest BCUT2D eigenvalue weighted by molar-refractivity contribution is 5.94. The van der Waals surface area contributed by atoms with Crippen molar-refractivity contribution < 1.29 is 13.7 Å². The first-order chi connectivity index (χ1) is 12.0. The molecule has 1 fully saturated rings. The molecule has 2 aromatic rings. The van der Waals surface area contributed by atoms with Crippen molar-refractivity contribution in [2.75, 3.05) is 26.2 Å². The van der Waals surface area contributed by atoms with Crippen molar-refractivity contribution in [2.45, 2.75) is 32.7 Å². The van der Waals surface area contributed by atoms with Gasteiger partial charge in [0.15, 0.2) is 5.82 Å². The third kappa shape index (κ3) is 3.87. The van der Waals surface area contributed by atoms with Gasteiger partial charge >= 0.3 is 0 Å². The van der Waals surface area contributed by atoms with Gasteiger partial charge in [-0.2, -0.15) is 4.98 Å². The number of benzene rings is 1. The topological polar surface area (TPSA) is 62.5 Å². The second-order valence-corrected chi connectivity index (χ2v) is 6.66. The summed E-state index contributed by atoms with van der Waals surface area (Å²) < 4.78 is 18.4. The lowest BCUT2D eigenvalue weighted by Gasteiger charge is -2.36. The van der Waals surface area contributed by atoms with Gasteiger partial charge in [0, 0.05) is 37.7 Å². The lowest BCUT2D eigenvalue weighted by molar-refractivity contribution is 0.0551. The van der Waals surface area contributed by atoms with Gasteiger partial charge in [-0.3, -0.25) is 9.69 Å². The van der Waals surface area contributed by atoms with Crippen LogP contribution in [0.4, 0.5) is 4.39 Å². The Hall–Kier alpha value is -2.28. The molecule has 1 aromatic heterocycles. The largest absolute Gasteiger partial charge is 0.338 e. The standard InChI is InChI=1S/C18H23FN4O2/c1-12(2)16-20-17(25-21-16)13(3)22-8-10-23(11-9-22)18(24)14-4-6-15(19)7-5-14/h4-7,12-13H,8-11H2,1-3H3. The van der Waals surface area contributed by atoms with Gasteiger partial charge in [-0.1, -0.05) is 19.0 Å². The molecule has 134 valence electrons. The summed E-state index contributed by atoms with van der Waals surface area (Å²) in [6.45, 7) is 8.78. The summed E-state index contributed by atoms with van der Waals surface area (Å²) in [5.41, 5.74) is 0.515. The zero-order valence-electron chi connectivity index (χ0n) is 14.8. The molecule has 7 heteroatoms. The average Bonchev–Trinajstić information content (AvgIpc) is 3.12. The maximum atomic E-state index is 13.0. The second-order valence-electron chi connectivity index (χ2n) is 6.66. The minimum Gasteiger partial charge on any atom is -0.338 e. The van der Waals surface area contributed by atoms with E-state index in [1.807, 2.05) is 20.8 Å². The number of carbonyl (C=O) groups excluding carboxylic acids is 1. The van der Waals surface area contributed by atoms with E-state index in [1.165, 1.54) is 24.3 Å². The molecule has 6 nitrogen and oxygen atoms in total. The molecule has 0 spiro atoms. The van der Waals surface area contributed by atoms with Gasteiger partial charge in [0.1, 0.15) is 5.82 Å². The summed E-state index contributed by atoms with van der Waals surface area (Å²) in [5.74, 6) is 1.16. The number of halogens is 1. The Morgan fingerprint density at radius 3 is 2.32 bits per heavy atom. The molecule has 1 saturated heterocycles. The summed E-state index contributed by atoms with van der Waals surface area (Å²) >= 11 is 0. The van der Waals surface area contributed by atoms with Gasteiger partial charge in [-0.15, -0.1) is 0 Å². The third-order valence-electron chi connectivity index (χ3n) is 4.57. The number of aromatic nitrogens is 2. The van der Waals surface area contributed by atoms with E-state index in [2.05, 4.69) is 15.0 Å². The van der Waals surface area contributed by atoms with Gasteiger partial charge in [0.2, 0.25) is 5.89 Å². The smallest absolute Gasteiger partial charge is 0.253 e. The molecular weight excluding hydrogens is 323 g/mol. The van der Waals surface area contributed by atoms with Crippen LogP contribution in [0, 0.1) is 5.82 Å². The highest BCUT2D eigenvalue weighted by atomic mass is 19.1. The Labute approximate surface area is 146 Å². The van der Waals surface area contributed by atoms with Gasteiger partial charge in [-0.05, 0) is 31.2 Å². The van der Waals surface area contributed by atoms with Gasteiger partial charge in [-0.25, -0.2) is 4.39 Å². The fraction of sp³-hybridized carbons (Fsp3) is 0.500. The Balaban J connectivity index is 1.59. The van der Waals surface area contributed by atoms with E-state index in [1.54, 1.807) is 4.90 Å². The molecule has 0 saturated carbocycles. The summed E-state index contributed by atoms with van der Waals surface area (Å²) in [4.78, 5) is 21.0. The van der Waals surface area contributed by atoms with Crippen LogP contribution in [0.3, 0.4) is 0 Å². The molecule has 1 amide bonds. The van der Waals surface area contributed by atoms with E-state index in [0.717, 1.165) is 13.1 Å². The van der Waals surface area contributed by atoms with Crippen molar-refractivity contribution >= 4 is 5.91 Å². The SMILES string of the molecule is CC(C)c1noc(C(C)N2CCN(C(=O)c3ccc(F)cc3)CC2)n1. The van der Waals surface area contributed by atoms with E-state index >= 15 is 0 Å². The lowest BCUT2D eigenvalue weighted by atomic mass is 10.1.